The first-order chi connectivity index (χ1) is 9.07. The molecule has 102 valence electrons. The van der Waals surface area contributed by atoms with Gasteiger partial charge in [-0.25, -0.2) is 19.2 Å². The number of nitrogen functional groups attached to an aromatic ring is 1. The van der Waals surface area contributed by atoms with Crippen molar-refractivity contribution in [3.8, 4) is 0 Å². The summed E-state index contributed by atoms with van der Waals surface area (Å²) in [5.41, 5.74) is 2.42. The number of hydrogen-bond acceptors (Lipinski definition) is 8. The zero-order valence-corrected chi connectivity index (χ0v) is 11.6. The number of nitrogens with one attached hydrogen (secondary N) is 2. The summed E-state index contributed by atoms with van der Waals surface area (Å²) >= 11 is 1.48. The number of fused-ring (bicyclic) bond motifs is 1. The number of anilines is 2. The van der Waals surface area contributed by atoms with Crippen LogP contribution in [0.4, 0.5) is 11.8 Å². The highest BCUT2D eigenvalue weighted by molar-refractivity contribution is 7.91. The van der Waals surface area contributed by atoms with E-state index in [0.29, 0.717) is 18.2 Å². The number of sulfone groups is 1. The molecule has 0 aromatic carbocycles. The van der Waals surface area contributed by atoms with E-state index in [1.165, 1.54) is 11.3 Å². The van der Waals surface area contributed by atoms with Crippen molar-refractivity contribution >= 4 is 43.2 Å². The van der Waals surface area contributed by atoms with E-state index in [4.69, 9.17) is 5.84 Å². The Morgan fingerprint density at radius 3 is 2.95 bits per heavy atom. The molecule has 4 N–H and O–H groups in total. The number of thiophene rings is 1. The highest BCUT2D eigenvalue weighted by Gasteiger charge is 2.28. The zero-order chi connectivity index (χ0) is 13.5. The average molecular weight is 299 g/mol. The molecule has 1 atom stereocenters. The molecule has 19 heavy (non-hydrogen) atoms. The lowest BCUT2D eigenvalue weighted by Gasteiger charge is -2.13. The first-order valence-corrected chi connectivity index (χ1v) is 8.46. The maximum absolute atomic E-state index is 11.5. The SMILES string of the molecule is NNc1nc(NC2CCS(=O)(=O)C2)c2ccsc2n1. The molecule has 3 heterocycles. The molecule has 7 nitrogen and oxygen atoms in total. The number of rotatable bonds is 3. The molecule has 1 unspecified atom stereocenters. The van der Waals surface area contributed by atoms with Crippen LogP contribution in [0, 0.1) is 0 Å². The van der Waals surface area contributed by atoms with Crippen molar-refractivity contribution in [1.29, 1.82) is 0 Å². The van der Waals surface area contributed by atoms with Gasteiger partial charge in [-0.05, 0) is 17.9 Å². The Morgan fingerprint density at radius 1 is 1.42 bits per heavy atom. The summed E-state index contributed by atoms with van der Waals surface area (Å²) in [5, 5.41) is 5.98. The van der Waals surface area contributed by atoms with E-state index in [0.717, 1.165) is 10.2 Å². The van der Waals surface area contributed by atoms with E-state index in [9.17, 15) is 8.42 Å². The Kier molecular flexibility index (Phi) is 3.03. The van der Waals surface area contributed by atoms with Crippen molar-refractivity contribution in [2.75, 3.05) is 22.2 Å². The monoisotopic (exact) mass is 299 g/mol. The molecule has 0 spiro atoms. The van der Waals surface area contributed by atoms with Crippen molar-refractivity contribution in [3.63, 3.8) is 0 Å². The molecule has 1 aliphatic rings. The minimum Gasteiger partial charge on any atom is -0.366 e. The molecule has 3 rings (SSSR count). The van der Waals surface area contributed by atoms with Crippen molar-refractivity contribution in [2.45, 2.75) is 12.5 Å². The van der Waals surface area contributed by atoms with Gasteiger partial charge in [-0.1, -0.05) is 0 Å². The summed E-state index contributed by atoms with van der Waals surface area (Å²) in [4.78, 5) is 9.30. The Labute approximate surface area is 114 Å². The molecule has 2 aromatic heterocycles. The summed E-state index contributed by atoms with van der Waals surface area (Å²) in [6.45, 7) is 0. The summed E-state index contributed by atoms with van der Waals surface area (Å²) in [5.74, 6) is 6.65. The third-order valence-electron chi connectivity index (χ3n) is 3.03. The van der Waals surface area contributed by atoms with Gasteiger partial charge >= 0.3 is 0 Å². The molecule has 0 saturated carbocycles. The lowest BCUT2D eigenvalue weighted by atomic mass is 10.2. The second-order valence-corrected chi connectivity index (χ2v) is 7.55. The van der Waals surface area contributed by atoms with Gasteiger partial charge < -0.3 is 5.32 Å². The van der Waals surface area contributed by atoms with Crippen LogP contribution in [0.5, 0.6) is 0 Å². The third-order valence-corrected chi connectivity index (χ3v) is 5.60. The van der Waals surface area contributed by atoms with Crippen LogP contribution >= 0.6 is 11.3 Å². The zero-order valence-electron chi connectivity index (χ0n) is 9.96. The molecular formula is C10H13N5O2S2. The molecule has 0 aliphatic carbocycles. The summed E-state index contributed by atoms with van der Waals surface area (Å²) < 4.78 is 22.9. The highest BCUT2D eigenvalue weighted by Crippen LogP contribution is 2.28. The minimum atomic E-state index is -2.91. The van der Waals surface area contributed by atoms with Gasteiger partial charge in [0.1, 0.15) is 10.6 Å². The smallest absolute Gasteiger partial charge is 0.240 e. The Balaban J connectivity index is 1.94. The summed E-state index contributed by atoms with van der Waals surface area (Å²) in [6, 6.07) is 1.81. The molecule has 1 saturated heterocycles. The molecule has 0 amide bonds. The van der Waals surface area contributed by atoms with Crippen LogP contribution in [0.15, 0.2) is 11.4 Å². The van der Waals surface area contributed by atoms with E-state index < -0.39 is 9.84 Å². The van der Waals surface area contributed by atoms with Crippen molar-refractivity contribution in [2.24, 2.45) is 5.84 Å². The Hall–Kier alpha value is -1.45. The fraction of sp³-hybridized carbons (Fsp3) is 0.400. The van der Waals surface area contributed by atoms with Crippen molar-refractivity contribution < 1.29 is 8.42 Å². The summed E-state index contributed by atoms with van der Waals surface area (Å²) in [7, 11) is -2.91. The van der Waals surface area contributed by atoms with Gasteiger partial charge in [0.05, 0.1) is 16.9 Å². The molecule has 9 heteroatoms. The number of nitrogens with zero attached hydrogens (tertiary/aromatic N) is 2. The van der Waals surface area contributed by atoms with Crippen LogP contribution in [0.25, 0.3) is 10.2 Å². The topological polar surface area (TPSA) is 110 Å². The van der Waals surface area contributed by atoms with Crippen LogP contribution in [0.3, 0.4) is 0 Å². The van der Waals surface area contributed by atoms with Gasteiger partial charge in [0.2, 0.25) is 5.95 Å². The number of hydrazine groups is 1. The second-order valence-electron chi connectivity index (χ2n) is 4.42. The van der Waals surface area contributed by atoms with Crippen LogP contribution in [-0.2, 0) is 9.84 Å². The van der Waals surface area contributed by atoms with Crippen LogP contribution in [0.1, 0.15) is 6.42 Å². The number of hydrogen-bond donors (Lipinski definition) is 3. The Bertz CT molecular complexity index is 712. The lowest BCUT2D eigenvalue weighted by Crippen LogP contribution is -2.22. The fourth-order valence-corrected chi connectivity index (χ4v) is 4.57. The minimum absolute atomic E-state index is 0.103. The van der Waals surface area contributed by atoms with Gasteiger partial charge in [0, 0.05) is 6.04 Å². The molecule has 2 aromatic rings. The molecule has 1 fully saturated rings. The number of nitrogens with two attached hydrogens (primary N) is 1. The van der Waals surface area contributed by atoms with Gasteiger partial charge in [-0.3, -0.25) is 5.43 Å². The Morgan fingerprint density at radius 2 is 2.26 bits per heavy atom. The summed E-state index contributed by atoms with van der Waals surface area (Å²) in [6.07, 6.45) is 0.601. The van der Waals surface area contributed by atoms with Crippen LogP contribution < -0.4 is 16.6 Å². The van der Waals surface area contributed by atoms with E-state index >= 15 is 0 Å². The van der Waals surface area contributed by atoms with E-state index in [1.54, 1.807) is 0 Å². The van der Waals surface area contributed by atoms with Gasteiger partial charge in [-0.2, -0.15) is 4.98 Å². The molecular weight excluding hydrogens is 286 g/mol. The van der Waals surface area contributed by atoms with E-state index in [-0.39, 0.29) is 17.5 Å². The largest absolute Gasteiger partial charge is 0.366 e. The quantitative estimate of drug-likeness (QED) is 0.561. The predicted octanol–water partition coefficient (Wildman–Crippen LogP) is 0.576. The normalized spacial score (nSPS) is 21.6. The molecule has 1 aliphatic heterocycles. The van der Waals surface area contributed by atoms with Gasteiger partial charge in [0.25, 0.3) is 0 Å². The van der Waals surface area contributed by atoms with Crippen LogP contribution in [-0.4, -0.2) is 35.9 Å². The fourth-order valence-electron chi connectivity index (χ4n) is 2.13. The second kappa shape index (κ2) is 4.58. The molecule has 0 radical (unpaired) electrons. The van der Waals surface area contributed by atoms with E-state index in [1.807, 2.05) is 11.4 Å². The molecule has 0 bridgehead atoms. The van der Waals surface area contributed by atoms with E-state index in [2.05, 4.69) is 20.7 Å². The maximum atomic E-state index is 11.5. The van der Waals surface area contributed by atoms with Crippen molar-refractivity contribution in [1.82, 2.24) is 9.97 Å². The maximum Gasteiger partial charge on any atom is 0.240 e. The highest BCUT2D eigenvalue weighted by atomic mass is 32.2. The first kappa shape index (κ1) is 12.6. The predicted molar refractivity (Wildman–Crippen MR) is 75.9 cm³/mol. The van der Waals surface area contributed by atoms with Crippen molar-refractivity contribution in [3.05, 3.63) is 11.4 Å². The standard InChI is InChI=1S/C10H13N5O2S2/c11-15-10-13-8(7-1-3-18-9(7)14-10)12-6-2-4-19(16,17)5-6/h1,3,6H,2,4-5,11H2,(H2,12,13,14,15). The van der Waals surface area contributed by atoms with Gasteiger partial charge in [-0.15, -0.1) is 11.3 Å². The third kappa shape index (κ3) is 2.48. The lowest BCUT2D eigenvalue weighted by molar-refractivity contribution is 0.602. The first-order valence-electron chi connectivity index (χ1n) is 5.76. The number of aromatic nitrogens is 2. The van der Waals surface area contributed by atoms with Gasteiger partial charge in [0.15, 0.2) is 9.84 Å². The van der Waals surface area contributed by atoms with Crippen LogP contribution in [0.2, 0.25) is 0 Å². The average Bonchev–Trinajstić information content (AvgIpc) is 2.95.